The summed E-state index contributed by atoms with van der Waals surface area (Å²) in [5, 5.41) is 10.1. The van der Waals surface area contributed by atoms with Gasteiger partial charge in [-0.1, -0.05) is 19.9 Å². The molecule has 0 spiro atoms. The minimum Gasteiger partial charge on any atom is -0.353 e. The van der Waals surface area contributed by atoms with Gasteiger partial charge in [-0.3, -0.25) is 14.4 Å². The lowest BCUT2D eigenvalue weighted by atomic mass is 9.94. The standard InChI is InChI=1S/C23H27N3O3S/c1-3-14(4-2)21(27)24-17-7-9-26-20(12-17)22(28)25-19-6-5-15(11-18(19)23(26)29)16-8-10-30-13-16/h5-6,8,10-11,13-14,17,20H,3-4,7,9,12H2,1-2H3,(H,24,27)(H,25,28)/t17-,20-/m0/s1. The van der Waals surface area contributed by atoms with E-state index in [0.29, 0.717) is 30.6 Å². The minimum absolute atomic E-state index is 0.00703. The van der Waals surface area contributed by atoms with Gasteiger partial charge >= 0.3 is 0 Å². The SMILES string of the molecule is CCC(CC)C(=O)N[C@H]1CCN2C(=O)c3cc(-c4ccsc4)ccc3NC(=O)[C@@H]2C1. The van der Waals surface area contributed by atoms with E-state index in [1.807, 2.05) is 48.9 Å². The number of nitrogens with one attached hydrogen (secondary N) is 2. The molecule has 2 aliphatic rings. The first-order chi connectivity index (χ1) is 14.5. The van der Waals surface area contributed by atoms with Gasteiger partial charge in [-0.15, -0.1) is 0 Å². The highest BCUT2D eigenvalue weighted by atomic mass is 32.1. The van der Waals surface area contributed by atoms with Gasteiger partial charge in [-0.2, -0.15) is 11.3 Å². The fourth-order valence-electron chi connectivity index (χ4n) is 4.38. The molecule has 7 heteroatoms. The van der Waals surface area contributed by atoms with E-state index in [1.54, 1.807) is 16.2 Å². The number of carbonyl (C=O) groups excluding carboxylic acids is 3. The maximum atomic E-state index is 13.3. The molecule has 2 aromatic rings. The second-order valence-electron chi connectivity index (χ2n) is 8.02. The first-order valence-electron chi connectivity index (χ1n) is 10.6. The molecular formula is C23H27N3O3S. The fourth-order valence-corrected chi connectivity index (χ4v) is 5.04. The molecule has 0 bridgehead atoms. The molecule has 6 nitrogen and oxygen atoms in total. The molecule has 1 fully saturated rings. The quantitative estimate of drug-likeness (QED) is 0.763. The van der Waals surface area contributed by atoms with E-state index < -0.39 is 6.04 Å². The Morgan fingerprint density at radius 2 is 2.03 bits per heavy atom. The Morgan fingerprint density at radius 3 is 2.73 bits per heavy atom. The van der Waals surface area contributed by atoms with Gasteiger partial charge in [-0.25, -0.2) is 0 Å². The summed E-state index contributed by atoms with van der Waals surface area (Å²) >= 11 is 1.61. The Bertz CT molecular complexity index is 953. The third-order valence-electron chi connectivity index (χ3n) is 6.23. The molecule has 2 aliphatic heterocycles. The molecule has 2 atom stereocenters. The summed E-state index contributed by atoms with van der Waals surface area (Å²) in [6, 6.07) is 6.95. The molecule has 0 radical (unpaired) electrons. The molecule has 1 aromatic heterocycles. The Labute approximate surface area is 180 Å². The predicted octanol–water partition coefficient (Wildman–Crippen LogP) is 3.89. The topological polar surface area (TPSA) is 78.5 Å². The van der Waals surface area contributed by atoms with Gasteiger partial charge in [-0.05, 0) is 65.8 Å². The van der Waals surface area contributed by atoms with Crippen LogP contribution in [0.1, 0.15) is 49.9 Å². The van der Waals surface area contributed by atoms with Crippen LogP contribution in [0.25, 0.3) is 11.1 Å². The van der Waals surface area contributed by atoms with Crippen molar-refractivity contribution in [2.45, 2.75) is 51.6 Å². The van der Waals surface area contributed by atoms with Crippen molar-refractivity contribution in [3.8, 4) is 11.1 Å². The molecule has 158 valence electrons. The van der Waals surface area contributed by atoms with Crippen LogP contribution in [0.4, 0.5) is 5.69 Å². The molecule has 0 unspecified atom stereocenters. The number of amides is 3. The van der Waals surface area contributed by atoms with Gasteiger partial charge in [0.15, 0.2) is 0 Å². The van der Waals surface area contributed by atoms with Gasteiger partial charge in [0.25, 0.3) is 5.91 Å². The Kier molecular flexibility index (Phi) is 5.90. The van der Waals surface area contributed by atoms with Crippen LogP contribution in [-0.2, 0) is 9.59 Å². The molecule has 1 saturated heterocycles. The Morgan fingerprint density at radius 1 is 1.23 bits per heavy atom. The maximum absolute atomic E-state index is 13.3. The summed E-state index contributed by atoms with van der Waals surface area (Å²) in [6.07, 6.45) is 2.69. The number of nitrogens with zero attached hydrogens (tertiary/aromatic N) is 1. The lowest BCUT2D eigenvalue weighted by molar-refractivity contribution is -0.127. The Balaban J connectivity index is 1.55. The zero-order valence-electron chi connectivity index (χ0n) is 17.3. The van der Waals surface area contributed by atoms with Gasteiger partial charge in [0, 0.05) is 18.5 Å². The molecule has 30 heavy (non-hydrogen) atoms. The number of hydrogen-bond donors (Lipinski definition) is 2. The third-order valence-corrected chi connectivity index (χ3v) is 6.91. The largest absolute Gasteiger partial charge is 0.353 e. The van der Waals surface area contributed by atoms with Crippen molar-refractivity contribution in [1.82, 2.24) is 10.2 Å². The van der Waals surface area contributed by atoms with Gasteiger partial charge in [0.2, 0.25) is 11.8 Å². The Hall–Kier alpha value is -2.67. The number of benzene rings is 1. The van der Waals surface area contributed by atoms with E-state index in [0.717, 1.165) is 24.0 Å². The van der Waals surface area contributed by atoms with Crippen LogP contribution in [0.3, 0.4) is 0 Å². The van der Waals surface area contributed by atoms with Crippen LogP contribution in [0.15, 0.2) is 35.0 Å². The smallest absolute Gasteiger partial charge is 0.256 e. The minimum atomic E-state index is -0.574. The average molecular weight is 426 g/mol. The molecular weight excluding hydrogens is 398 g/mol. The number of piperidine rings is 1. The zero-order valence-corrected chi connectivity index (χ0v) is 18.1. The van der Waals surface area contributed by atoms with E-state index in [1.165, 1.54) is 0 Å². The van der Waals surface area contributed by atoms with E-state index in [4.69, 9.17) is 0 Å². The van der Waals surface area contributed by atoms with E-state index in [2.05, 4.69) is 10.6 Å². The van der Waals surface area contributed by atoms with Gasteiger partial charge < -0.3 is 15.5 Å². The lowest BCUT2D eigenvalue weighted by Crippen LogP contribution is -2.55. The number of thiophene rings is 1. The monoisotopic (exact) mass is 425 g/mol. The molecule has 4 rings (SSSR count). The van der Waals surface area contributed by atoms with E-state index >= 15 is 0 Å². The zero-order chi connectivity index (χ0) is 21.3. The van der Waals surface area contributed by atoms with Crippen LogP contribution in [-0.4, -0.2) is 41.2 Å². The van der Waals surface area contributed by atoms with E-state index in [9.17, 15) is 14.4 Å². The highest BCUT2D eigenvalue weighted by Gasteiger charge is 2.40. The predicted molar refractivity (Wildman–Crippen MR) is 118 cm³/mol. The van der Waals surface area contributed by atoms with Crippen molar-refractivity contribution in [2.24, 2.45) is 5.92 Å². The van der Waals surface area contributed by atoms with Crippen molar-refractivity contribution < 1.29 is 14.4 Å². The van der Waals surface area contributed by atoms with Crippen LogP contribution in [0.2, 0.25) is 0 Å². The summed E-state index contributed by atoms with van der Waals surface area (Å²) < 4.78 is 0. The van der Waals surface area contributed by atoms with Crippen LogP contribution in [0, 0.1) is 5.92 Å². The van der Waals surface area contributed by atoms with Crippen molar-refractivity contribution >= 4 is 34.7 Å². The van der Waals surface area contributed by atoms with Crippen molar-refractivity contribution in [3.63, 3.8) is 0 Å². The third kappa shape index (κ3) is 3.86. The molecule has 1 aromatic carbocycles. The number of fused-ring (bicyclic) bond motifs is 2. The first-order valence-corrected chi connectivity index (χ1v) is 11.5. The second-order valence-corrected chi connectivity index (χ2v) is 8.80. The summed E-state index contributed by atoms with van der Waals surface area (Å²) in [5.41, 5.74) is 3.10. The fraction of sp³-hybridized carbons (Fsp3) is 0.435. The van der Waals surface area contributed by atoms with Crippen molar-refractivity contribution in [3.05, 3.63) is 40.6 Å². The van der Waals surface area contributed by atoms with Gasteiger partial charge in [0.1, 0.15) is 6.04 Å². The molecule has 0 saturated carbocycles. The maximum Gasteiger partial charge on any atom is 0.256 e. The number of hydrogen-bond acceptors (Lipinski definition) is 4. The summed E-state index contributed by atoms with van der Waals surface area (Å²) in [4.78, 5) is 40.4. The van der Waals surface area contributed by atoms with Gasteiger partial charge in [0.05, 0.1) is 11.3 Å². The number of carbonyl (C=O) groups is 3. The van der Waals surface area contributed by atoms with Crippen molar-refractivity contribution in [2.75, 3.05) is 11.9 Å². The van der Waals surface area contributed by atoms with Crippen LogP contribution in [0.5, 0.6) is 0 Å². The number of anilines is 1. The molecule has 2 N–H and O–H groups in total. The second kappa shape index (κ2) is 8.60. The summed E-state index contributed by atoms with van der Waals surface area (Å²) in [7, 11) is 0. The number of rotatable bonds is 5. The average Bonchev–Trinajstić information content (AvgIpc) is 3.26. The summed E-state index contributed by atoms with van der Waals surface area (Å²) in [5.74, 6) is -0.281. The highest BCUT2D eigenvalue weighted by Crippen LogP contribution is 2.32. The lowest BCUT2D eigenvalue weighted by Gasteiger charge is -2.37. The summed E-state index contributed by atoms with van der Waals surface area (Å²) in [6.45, 7) is 4.47. The van der Waals surface area contributed by atoms with Crippen molar-refractivity contribution in [1.29, 1.82) is 0 Å². The normalized spacial score (nSPS) is 21.0. The highest BCUT2D eigenvalue weighted by molar-refractivity contribution is 7.08. The molecule has 3 amide bonds. The van der Waals surface area contributed by atoms with E-state index in [-0.39, 0.29) is 29.7 Å². The van der Waals surface area contributed by atoms with Crippen LogP contribution >= 0.6 is 11.3 Å². The molecule has 3 heterocycles. The molecule has 0 aliphatic carbocycles. The van der Waals surface area contributed by atoms with Crippen LogP contribution < -0.4 is 10.6 Å². The first kappa shape index (κ1) is 20.6.